The third kappa shape index (κ3) is 6.81. The molecule has 0 aromatic carbocycles. The van der Waals surface area contributed by atoms with Crippen molar-refractivity contribution in [1.29, 1.82) is 0 Å². The summed E-state index contributed by atoms with van der Waals surface area (Å²) in [5, 5.41) is 10.7. The number of nitro groups is 1. The van der Waals surface area contributed by atoms with E-state index in [9.17, 15) is 23.7 Å². The Morgan fingerprint density at radius 1 is 1.39 bits per heavy atom. The van der Waals surface area contributed by atoms with E-state index >= 15 is 0 Å². The normalized spacial score (nSPS) is 9.00. The Morgan fingerprint density at radius 3 is 2.17 bits per heavy atom. The summed E-state index contributed by atoms with van der Waals surface area (Å²) in [7, 11) is 2.04. The van der Waals surface area contributed by atoms with E-state index in [2.05, 4.69) is 41.5 Å². The van der Waals surface area contributed by atoms with Crippen molar-refractivity contribution in [3.8, 4) is 5.88 Å². The lowest BCUT2D eigenvalue weighted by Gasteiger charge is -2.08. The van der Waals surface area contributed by atoms with Crippen LogP contribution in [-0.4, -0.2) is 30.1 Å². The SMILES string of the molecule is C=C.CCC.COC(=O)c1nc(OC)c(C(F)F)cc1[N+](=O)[O-]. The summed E-state index contributed by atoms with van der Waals surface area (Å²) in [6.45, 7) is 10.2. The standard InChI is InChI=1S/C9H8F2N2O5.C3H8.C2H4/c1-17-8-4(7(10)11)3-5(13(15)16)6(12-8)9(14)18-2;1-3-2;1-2/h3,7H,1-2H3;3H2,1-2H3;1-2H2. The van der Waals surface area contributed by atoms with Gasteiger partial charge < -0.3 is 9.47 Å². The molecule has 0 aliphatic heterocycles. The molecule has 0 unspecified atom stereocenters. The molecule has 1 aromatic heterocycles. The van der Waals surface area contributed by atoms with Gasteiger partial charge in [0.25, 0.3) is 6.43 Å². The van der Waals surface area contributed by atoms with Crippen molar-refractivity contribution in [2.24, 2.45) is 0 Å². The van der Waals surface area contributed by atoms with Crippen LogP contribution in [-0.2, 0) is 4.74 Å². The Hall–Kier alpha value is -2.58. The Labute approximate surface area is 133 Å². The third-order valence-corrected chi connectivity index (χ3v) is 2.00. The number of rotatable bonds is 4. The number of aromatic nitrogens is 1. The van der Waals surface area contributed by atoms with Gasteiger partial charge in [-0.15, -0.1) is 13.2 Å². The van der Waals surface area contributed by atoms with Crippen molar-refractivity contribution in [2.75, 3.05) is 14.2 Å². The van der Waals surface area contributed by atoms with Crippen LogP contribution >= 0.6 is 0 Å². The van der Waals surface area contributed by atoms with Gasteiger partial charge in [-0.1, -0.05) is 20.3 Å². The van der Waals surface area contributed by atoms with Gasteiger partial charge in [0.15, 0.2) is 0 Å². The average molecular weight is 334 g/mol. The van der Waals surface area contributed by atoms with Crippen molar-refractivity contribution < 1.29 is 28.0 Å². The number of esters is 1. The quantitative estimate of drug-likeness (QED) is 0.358. The fraction of sp³-hybridized carbons (Fsp3) is 0.429. The van der Waals surface area contributed by atoms with E-state index in [1.165, 1.54) is 6.42 Å². The monoisotopic (exact) mass is 334 g/mol. The Kier molecular flexibility index (Phi) is 11.9. The molecule has 23 heavy (non-hydrogen) atoms. The first kappa shape index (κ1) is 22.7. The van der Waals surface area contributed by atoms with Gasteiger partial charge in [0, 0.05) is 6.07 Å². The maximum Gasteiger partial charge on any atom is 0.364 e. The molecule has 0 aliphatic carbocycles. The highest BCUT2D eigenvalue weighted by Crippen LogP contribution is 2.32. The van der Waals surface area contributed by atoms with Gasteiger partial charge in [0.1, 0.15) is 0 Å². The summed E-state index contributed by atoms with van der Waals surface area (Å²) in [5.74, 6) is -1.67. The van der Waals surface area contributed by atoms with Crippen LogP contribution in [0.2, 0.25) is 0 Å². The largest absolute Gasteiger partial charge is 0.481 e. The molecule has 1 aromatic rings. The molecule has 0 saturated heterocycles. The number of halogens is 2. The zero-order valence-corrected chi connectivity index (χ0v) is 13.5. The Morgan fingerprint density at radius 2 is 1.87 bits per heavy atom. The second kappa shape index (κ2) is 12.0. The minimum atomic E-state index is -3.02. The predicted molar refractivity (Wildman–Crippen MR) is 81.0 cm³/mol. The highest BCUT2D eigenvalue weighted by Gasteiger charge is 2.29. The predicted octanol–water partition coefficient (Wildman–Crippen LogP) is 3.94. The molecular formula is C14H20F2N2O5. The second-order valence-electron chi connectivity index (χ2n) is 3.71. The molecule has 0 radical (unpaired) electrons. The van der Waals surface area contributed by atoms with Gasteiger partial charge in [-0.05, 0) is 0 Å². The van der Waals surface area contributed by atoms with Crippen LogP contribution in [0.1, 0.15) is 42.7 Å². The number of carbonyl (C=O) groups is 1. The van der Waals surface area contributed by atoms with E-state index in [1.54, 1.807) is 0 Å². The average Bonchev–Trinajstić information content (AvgIpc) is 2.55. The first-order chi connectivity index (χ1) is 10.8. The summed E-state index contributed by atoms with van der Waals surface area (Å²) >= 11 is 0. The number of hydrogen-bond donors (Lipinski definition) is 0. The lowest BCUT2D eigenvalue weighted by atomic mass is 10.2. The molecule has 0 saturated carbocycles. The first-order valence-electron chi connectivity index (χ1n) is 6.43. The van der Waals surface area contributed by atoms with Crippen LogP contribution in [0.25, 0.3) is 0 Å². The number of nitrogens with zero attached hydrogens (tertiary/aromatic N) is 2. The number of ether oxygens (including phenoxy) is 2. The molecular weight excluding hydrogens is 314 g/mol. The van der Waals surface area contributed by atoms with Gasteiger partial charge in [-0.3, -0.25) is 10.1 Å². The van der Waals surface area contributed by atoms with Gasteiger partial charge in [0.2, 0.25) is 11.6 Å². The fourth-order valence-electron chi connectivity index (χ4n) is 1.21. The summed E-state index contributed by atoms with van der Waals surface area (Å²) in [6, 6.07) is 0.544. The van der Waals surface area contributed by atoms with Crippen molar-refractivity contribution in [2.45, 2.75) is 26.7 Å². The fourth-order valence-corrected chi connectivity index (χ4v) is 1.21. The number of carbonyl (C=O) groups excluding carboxylic acids is 1. The summed E-state index contributed by atoms with van der Waals surface area (Å²) in [4.78, 5) is 24.3. The summed E-state index contributed by atoms with van der Waals surface area (Å²) in [5.41, 5.74) is -2.32. The molecule has 1 heterocycles. The van der Waals surface area contributed by atoms with E-state index in [-0.39, 0.29) is 0 Å². The van der Waals surface area contributed by atoms with Gasteiger partial charge in [-0.25, -0.2) is 13.6 Å². The first-order valence-corrected chi connectivity index (χ1v) is 6.43. The van der Waals surface area contributed by atoms with Crippen molar-refractivity contribution >= 4 is 11.7 Å². The van der Waals surface area contributed by atoms with E-state index in [1.807, 2.05) is 0 Å². The van der Waals surface area contributed by atoms with Crippen LogP contribution < -0.4 is 4.74 Å². The summed E-state index contributed by atoms with van der Waals surface area (Å²) < 4.78 is 34.1. The molecule has 1 rings (SSSR count). The zero-order valence-electron chi connectivity index (χ0n) is 13.5. The molecule has 0 atom stereocenters. The molecule has 0 N–H and O–H groups in total. The zero-order chi connectivity index (χ0) is 18.6. The number of pyridine rings is 1. The molecule has 7 nitrogen and oxygen atoms in total. The minimum absolute atomic E-state index is 0.544. The second-order valence-corrected chi connectivity index (χ2v) is 3.71. The van der Waals surface area contributed by atoms with Crippen LogP contribution in [0.5, 0.6) is 5.88 Å². The van der Waals surface area contributed by atoms with Crippen molar-refractivity contribution in [3.63, 3.8) is 0 Å². The number of alkyl halides is 2. The van der Waals surface area contributed by atoms with Gasteiger partial charge >= 0.3 is 11.7 Å². The molecule has 0 bridgehead atoms. The Balaban J connectivity index is 0. The van der Waals surface area contributed by atoms with Gasteiger partial charge in [0.05, 0.1) is 24.7 Å². The maximum atomic E-state index is 12.6. The molecule has 0 amide bonds. The minimum Gasteiger partial charge on any atom is -0.481 e. The summed E-state index contributed by atoms with van der Waals surface area (Å²) in [6.07, 6.45) is -1.77. The lowest BCUT2D eigenvalue weighted by Crippen LogP contribution is -2.11. The van der Waals surface area contributed by atoms with Crippen molar-refractivity contribution in [1.82, 2.24) is 4.98 Å². The molecule has 0 spiro atoms. The number of hydrogen-bond acceptors (Lipinski definition) is 6. The van der Waals surface area contributed by atoms with E-state index in [0.29, 0.717) is 6.07 Å². The molecule has 130 valence electrons. The van der Waals surface area contributed by atoms with E-state index in [4.69, 9.17) is 0 Å². The smallest absolute Gasteiger partial charge is 0.364 e. The van der Waals surface area contributed by atoms with Crippen molar-refractivity contribution in [3.05, 3.63) is 40.6 Å². The lowest BCUT2D eigenvalue weighted by molar-refractivity contribution is -0.385. The topological polar surface area (TPSA) is 91.6 Å². The maximum absolute atomic E-state index is 12.6. The highest BCUT2D eigenvalue weighted by molar-refractivity contribution is 5.92. The number of methoxy groups -OCH3 is 2. The molecule has 0 fully saturated rings. The van der Waals surface area contributed by atoms with Gasteiger partial charge in [-0.2, -0.15) is 4.98 Å². The van der Waals surface area contributed by atoms with Crippen LogP contribution in [0.3, 0.4) is 0 Å². The van der Waals surface area contributed by atoms with Crippen LogP contribution in [0.15, 0.2) is 19.2 Å². The molecule has 0 aliphatic rings. The third-order valence-electron chi connectivity index (χ3n) is 2.00. The highest BCUT2D eigenvalue weighted by atomic mass is 19.3. The van der Waals surface area contributed by atoms with Crippen LogP contribution in [0, 0.1) is 10.1 Å². The van der Waals surface area contributed by atoms with Crippen LogP contribution in [0.4, 0.5) is 14.5 Å². The molecule has 9 heteroatoms. The Bertz CT molecular complexity index is 524. The van der Waals surface area contributed by atoms with E-state index in [0.717, 1.165) is 14.2 Å². The van der Waals surface area contributed by atoms with E-state index < -0.39 is 40.1 Å².